The molecular weight excluding hydrogens is 338 g/mol. The molecule has 1 atom stereocenters. The summed E-state index contributed by atoms with van der Waals surface area (Å²) in [6.07, 6.45) is 4.76. The Hall–Kier alpha value is -2.82. The second kappa shape index (κ2) is 9.21. The van der Waals surface area contributed by atoms with Crippen LogP contribution in [0.25, 0.3) is 0 Å². The molecule has 1 aliphatic rings. The van der Waals surface area contributed by atoms with Crippen molar-refractivity contribution in [2.45, 2.75) is 39.2 Å². The number of hydrogen-bond acceptors (Lipinski definition) is 4. The Bertz CT molecular complexity index is 780. The maximum atomic E-state index is 12.3. The third-order valence-electron chi connectivity index (χ3n) is 4.82. The molecule has 5 nitrogen and oxygen atoms in total. The molecule has 1 heterocycles. The van der Waals surface area contributed by atoms with Gasteiger partial charge in [-0.1, -0.05) is 29.4 Å². The second-order valence-electron chi connectivity index (χ2n) is 6.92. The molecule has 0 bridgehead atoms. The van der Waals surface area contributed by atoms with Crippen LogP contribution >= 0.6 is 0 Å². The maximum absolute atomic E-state index is 12.3. The lowest BCUT2D eigenvalue weighted by Gasteiger charge is -2.28. The van der Waals surface area contributed by atoms with Crippen LogP contribution in [-0.4, -0.2) is 31.3 Å². The van der Waals surface area contributed by atoms with Crippen LogP contribution in [0, 0.1) is 6.92 Å². The maximum Gasteiger partial charge on any atom is 0.267 e. The van der Waals surface area contributed by atoms with Gasteiger partial charge in [-0.3, -0.25) is 4.79 Å². The van der Waals surface area contributed by atoms with Gasteiger partial charge in [0.05, 0.1) is 6.21 Å². The summed E-state index contributed by atoms with van der Waals surface area (Å²) in [5.74, 6) is -0.220. The predicted molar refractivity (Wildman–Crippen MR) is 110 cm³/mol. The molecule has 1 aliphatic heterocycles. The van der Waals surface area contributed by atoms with Crippen LogP contribution in [0.2, 0.25) is 0 Å². The number of nitrogens with one attached hydrogen (secondary N) is 1. The van der Waals surface area contributed by atoms with Gasteiger partial charge in [0, 0.05) is 24.5 Å². The predicted octanol–water partition coefficient (Wildman–Crippen LogP) is 4.36. The molecule has 27 heavy (non-hydrogen) atoms. The standard InChI is InChI=1S/C22H27N3O2/c1-17-8-4-5-9-19(17)16-23-27-18(2)22(26)24-20-10-12-21(13-11-20)25-14-6-3-7-15-25/h4-5,8-13,16,18H,3,6-7,14-15H2,1-2H3,(H,24,26)/b23-16-/t18-/m0/s1. The molecule has 142 valence electrons. The number of anilines is 2. The van der Waals surface area contributed by atoms with Crippen molar-refractivity contribution in [1.82, 2.24) is 0 Å². The molecule has 0 spiro atoms. The summed E-state index contributed by atoms with van der Waals surface area (Å²) in [4.78, 5) is 20.0. The van der Waals surface area contributed by atoms with Crippen LogP contribution in [-0.2, 0) is 9.63 Å². The number of benzene rings is 2. The van der Waals surface area contributed by atoms with Gasteiger partial charge < -0.3 is 15.1 Å². The lowest BCUT2D eigenvalue weighted by Crippen LogP contribution is -2.29. The first kappa shape index (κ1) is 19.0. The van der Waals surface area contributed by atoms with Crippen molar-refractivity contribution in [2.75, 3.05) is 23.3 Å². The van der Waals surface area contributed by atoms with Gasteiger partial charge in [0.25, 0.3) is 5.91 Å². The van der Waals surface area contributed by atoms with Gasteiger partial charge >= 0.3 is 0 Å². The third-order valence-corrected chi connectivity index (χ3v) is 4.82. The first-order valence-corrected chi connectivity index (χ1v) is 9.54. The highest BCUT2D eigenvalue weighted by atomic mass is 16.6. The van der Waals surface area contributed by atoms with Crippen molar-refractivity contribution in [2.24, 2.45) is 5.16 Å². The molecule has 0 radical (unpaired) electrons. The van der Waals surface area contributed by atoms with Gasteiger partial charge in [-0.25, -0.2) is 0 Å². The van der Waals surface area contributed by atoms with Crippen LogP contribution in [0.3, 0.4) is 0 Å². The van der Waals surface area contributed by atoms with Crippen LogP contribution in [0.4, 0.5) is 11.4 Å². The van der Waals surface area contributed by atoms with E-state index in [1.165, 1.54) is 24.9 Å². The van der Waals surface area contributed by atoms with E-state index in [9.17, 15) is 4.79 Å². The van der Waals surface area contributed by atoms with Crippen LogP contribution in [0.1, 0.15) is 37.3 Å². The SMILES string of the molecule is Cc1ccccc1/C=N\O[C@@H](C)C(=O)Nc1ccc(N2CCCCC2)cc1. The third kappa shape index (κ3) is 5.33. The van der Waals surface area contributed by atoms with E-state index in [-0.39, 0.29) is 5.91 Å². The fraction of sp³-hybridized carbons (Fsp3) is 0.364. The summed E-state index contributed by atoms with van der Waals surface area (Å²) in [6, 6.07) is 15.9. The minimum atomic E-state index is -0.674. The van der Waals surface area contributed by atoms with E-state index < -0.39 is 6.10 Å². The molecule has 0 aliphatic carbocycles. The van der Waals surface area contributed by atoms with Crippen molar-refractivity contribution in [3.63, 3.8) is 0 Å². The Morgan fingerprint density at radius 2 is 1.81 bits per heavy atom. The average Bonchev–Trinajstić information content (AvgIpc) is 2.70. The number of rotatable bonds is 6. The van der Waals surface area contributed by atoms with Crippen molar-refractivity contribution in [1.29, 1.82) is 0 Å². The van der Waals surface area contributed by atoms with E-state index in [2.05, 4.69) is 27.5 Å². The van der Waals surface area contributed by atoms with Gasteiger partial charge in [0.15, 0.2) is 0 Å². The first-order chi connectivity index (χ1) is 13.1. The monoisotopic (exact) mass is 365 g/mol. The van der Waals surface area contributed by atoms with Gasteiger partial charge in [0.1, 0.15) is 0 Å². The lowest BCUT2D eigenvalue weighted by atomic mass is 10.1. The summed E-state index contributed by atoms with van der Waals surface area (Å²) in [7, 11) is 0. The van der Waals surface area contributed by atoms with Gasteiger partial charge in [-0.15, -0.1) is 0 Å². The Kier molecular flexibility index (Phi) is 6.47. The largest absolute Gasteiger partial charge is 0.383 e. The average molecular weight is 365 g/mol. The highest BCUT2D eigenvalue weighted by Gasteiger charge is 2.15. The van der Waals surface area contributed by atoms with Crippen LogP contribution in [0.15, 0.2) is 53.7 Å². The lowest BCUT2D eigenvalue weighted by molar-refractivity contribution is -0.126. The molecule has 1 fully saturated rings. The molecule has 0 aromatic heterocycles. The zero-order valence-electron chi connectivity index (χ0n) is 16.0. The molecule has 0 unspecified atom stereocenters. The zero-order chi connectivity index (χ0) is 19.1. The second-order valence-corrected chi connectivity index (χ2v) is 6.92. The molecule has 1 saturated heterocycles. The van der Waals surface area contributed by atoms with Crippen molar-refractivity contribution < 1.29 is 9.63 Å². The Morgan fingerprint density at radius 1 is 1.11 bits per heavy atom. The molecule has 2 aromatic carbocycles. The van der Waals surface area contributed by atoms with Crippen LogP contribution in [0.5, 0.6) is 0 Å². The van der Waals surface area contributed by atoms with E-state index in [0.717, 1.165) is 29.9 Å². The highest BCUT2D eigenvalue weighted by Crippen LogP contribution is 2.22. The number of hydrogen-bond donors (Lipinski definition) is 1. The molecule has 3 rings (SSSR count). The normalized spacial score (nSPS) is 15.6. The van der Waals surface area contributed by atoms with Crippen molar-refractivity contribution in [3.05, 3.63) is 59.7 Å². The Labute approximate surface area is 161 Å². The molecule has 1 N–H and O–H groups in total. The Morgan fingerprint density at radius 3 is 2.52 bits per heavy atom. The number of carbonyl (C=O) groups excluding carboxylic acids is 1. The van der Waals surface area contributed by atoms with E-state index >= 15 is 0 Å². The number of oxime groups is 1. The number of nitrogens with zero attached hydrogens (tertiary/aromatic N) is 2. The highest BCUT2D eigenvalue weighted by molar-refractivity contribution is 5.94. The summed E-state index contributed by atoms with van der Waals surface area (Å²) >= 11 is 0. The Balaban J connectivity index is 1.51. The van der Waals surface area contributed by atoms with Crippen molar-refractivity contribution >= 4 is 23.5 Å². The summed E-state index contributed by atoms with van der Waals surface area (Å²) in [6.45, 7) is 5.91. The zero-order valence-corrected chi connectivity index (χ0v) is 16.0. The fourth-order valence-electron chi connectivity index (χ4n) is 3.11. The minimum Gasteiger partial charge on any atom is -0.383 e. The topological polar surface area (TPSA) is 53.9 Å². The fourth-order valence-corrected chi connectivity index (χ4v) is 3.11. The van der Waals surface area contributed by atoms with Gasteiger partial charge in [0.2, 0.25) is 6.10 Å². The van der Waals surface area contributed by atoms with E-state index in [1.807, 2.05) is 43.3 Å². The molecule has 0 saturated carbocycles. The van der Waals surface area contributed by atoms with Gasteiger partial charge in [-0.05, 0) is 68.5 Å². The summed E-state index contributed by atoms with van der Waals surface area (Å²) in [5.41, 5.74) is 4.05. The summed E-state index contributed by atoms with van der Waals surface area (Å²) in [5, 5.41) is 6.82. The van der Waals surface area contributed by atoms with E-state index in [4.69, 9.17) is 4.84 Å². The summed E-state index contributed by atoms with van der Waals surface area (Å²) < 4.78 is 0. The minimum absolute atomic E-state index is 0.220. The number of piperidine rings is 1. The van der Waals surface area contributed by atoms with E-state index in [1.54, 1.807) is 13.1 Å². The van der Waals surface area contributed by atoms with E-state index in [0.29, 0.717) is 0 Å². The molecule has 5 heteroatoms. The number of aryl methyl sites for hydroxylation is 1. The smallest absolute Gasteiger partial charge is 0.267 e. The van der Waals surface area contributed by atoms with Gasteiger partial charge in [-0.2, -0.15) is 0 Å². The molecule has 1 amide bonds. The first-order valence-electron chi connectivity index (χ1n) is 9.54. The van der Waals surface area contributed by atoms with Crippen LogP contribution < -0.4 is 10.2 Å². The quantitative estimate of drug-likeness (QED) is 0.611. The number of carbonyl (C=O) groups is 1. The number of amides is 1. The van der Waals surface area contributed by atoms with Crippen molar-refractivity contribution in [3.8, 4) is 0 Å². The molecule has 2 aromatic rings. The molecular formula is C22H27N3O2.